The average Bonchev–Trinajstić information content (AvgIpc) is 2.55. The summed E-state index contributed by atoms with van der Waals surface area (Å²) < 4.78 is 0. The number of fused-ring (bicyclic) bond motifs is 1. The fourth-order valence-electron chi connectivity index (χ4n) is 3.56. The van der Waals surface area contributed by atoms with E-state index in [2.05, 4.69) is 6.08 Å². The molecule has 0 heterocycles. The first-order chi connectivity index (χ1) is 8.47. The molecule has 0 aromatic heterocycles. The molecule has 0 saturated heterocycles. The maximum absolute atomic E-state index is 10.9. The molecule has 6 heteroatoms. The Morgan fingerprint density at radius 3 is 3.00 bits per heavy atom. The van der Waals surface area contributed by atoms with Gasteiger partial charge in [-0.05, 0) is 30.9 Å². The van der Waals surface area contributed by atoms with Gasteiger partial charge < -0.3 is 5.11 Å². The number of nitrogens with zero attached hydrogens (tertiary/aromatic N) is 1. The molecule has 0 aliphatic heterocycles. The zero-order chi connectivity index (χ0) is 13.3. The van der Waals surface area contributed by atoms with E-state index in [-0.39, 0.29) is 23.8 Å². The first-order valence-electron chi connectivity index (χ1n) is 5.99. The molecule has 0 amide bonds. The molecule has 0 radical (unpaired) electrons. The number of allylic oxidation sites excluding steroid dienone is 1. The first kappa shape index (κ1) is 13.4. The van der Waals surface area contributed by atoms with Crippen LogP contribution in [0.5, 0.6) is 0 Å². The quantitative estimate of drug-likeness (QED) is 0.454. The molecule has 0 aromatic rings. The lowest BCUT2D eigenvalue weighted by Gasteiger charge is -2.48. The third-order valence-electron chi connectivity index (χ3n) is 4.10. The Balaban J connectivity index is 2.13. The van der Waals surface area contributed by atoms with Crippen LogP contribution in [-0.2, 0) is 4.79 Å². The van der Waals surface area contributed by atoms with Gasteiger partial charge in [0.2, 0.25) is 6.54 Å². The van der Waals surface area contributed by atoms with Crippen molar-refractivity contribution in [1.82, 2.24) is 0 Å². The summed E-state index contributed by atoms with van der Waals surface area (Å²) in [5.74, 6) is 0.559. The van der Waals surface area contributed by atoms with E-state index in [4.69, 9.17) is 5.11 Å². The predicted octanol–water partition coefficient (Wildman–Crippen LogP) is 2.05. The SMILES string of the molecule is CSCC1=C[C@H]2[C@@H](C1)C[C@]2(CC(=O)O)C[N+](=O)[O-]. The van der Waals surface area contributed by atoms with Crippen molar-refractivity contribution in [2.75, 3.05) is 18.6 Å². The molecule has 2 rings (SSSR count). The molecule has 0 unspecified atom stereocenters. The van der Waals surface area contributed by atoms with Crippen molar-refractivity contribution in [2.24, 2.45) is 17.3 Å². The van der Waals surface area contributed by atoms with Crippen LogP contribution in [0.1, 0.15) is 19.3 Å². The molecule has 100 valence electrons. The van der Waals surface area contributed by atoms with Crippen LogP contribution in [-0.4, -0.2) is 34.6 Å². The maximum Gasteiger partial charge on any atom is 0.304 e. The average molecular weight is 271 g/mol. The highest BCUT2D eigenvalue weighted by atomic mass is 32.2. The van der Waals surface area contributed by atoms with Gasteiger partial charge >= 0.3 is 5.97 Å². The van der Waals surface area contributed by atoms with E-state index in [0.29, 0.717) is 12.3 Å². The van der Waals surface area contributed by atoms with Gasteiger partial charge in [0.15, 0.2) is 0 Å². The zero-order valence-corrected chi connectivity index (χ0v) is 11.1. The fourth-order valence-corrected chi connectivity index (χ4v) is 4.15. The first-order valence-corrected chi connectivity index (χ1v) is 7.38. The second-order valence-electron chi connectivity index (χ2n) is 5.38. The number of thioether (sulfide) groups is 1. The number of hydrogen-bond acceptors (Lipinski definition) is 4. The van der Waals surface area contributed by atoms with Gasteiger partial charge in [-0.3, -0.25) is 14.9 Å². The molecular formula is C12H17NO4S. The van der Waals surface area contributed by atoms with Crippen LogP contribution in [0, 0.1) is 27.4 Å². The van der Waals surface area contributed by atoms with Crippen molar-refractivity contribution in [1.29, 1.82) is 0 Å². The highest BCUT2D eigenvalue weighted by molar-refractivity contribution is 7.98. The highest BCUT2D eigenvalue weighted by Crippen LogP contribution is 2.59. The molecule has 5 nitrogen and oxygen atoms in total. The van der Waals surface area contributed by atoms with E-state index in [0.717, 1.165) is 12.2 Å². The van der Waals surface area contributed by atoms with Crippen LogP contribution in [0.2, 0.25) is 0 Å². The monoisotopic (exact) mass is 271 g/mol. The topological polar surface area (TPSA) is 80.4 Å². The molecule has 1 saturated carbocycles. The van der Waals surface area contributed by atoms with E-state index >= 15 is 0 Å². The minimum absolute atomic E-state index is 0.0851. The Labute approximate surface area is 110 Å². The standard InChI is InChI=1S/C12H17NO4S/c1-18-6-8-2-9-4-12(5-11(14)15,7-13(16)17)10(9)3-8/h3,9-10H,2,4-7H2,1H3,(H,14,15)/t9-,10-,12-/m0/s1. The van der Waals surface area contributed by atoms with E-state index in [1.165, 1.54) is 5.57 Å². The Kier molecular flexibility index (Phi) is 3.66. The van der Waals surface area contributed by atoms with Crippen molar-refractivity contribution >= 4 is 17.7 Å². The number of rotatable bonds is 6. The van der Waals surface area contributed by atoms with Crippen LogP contribution in [0.15, 0.2) is 11.6 Å². The fraction of sp³-hybridized carbons (Fsp3) is 0.750. The van der Waals surface area contributed by atoms with Gasteiger partial charge in [0, 0.05) is 10.7 Å². The van der Waals surface area contributed by atoms with E-state index in [9.17, 15) is 14.9 Å². The Bertz CT molecular complexity index is 391. The highest BCUT2D eigenvalue weighted by Gasteiger charge is 2.58. The summed E-state index contributed by atoms with van der Waals surface area (Å²) in [6.45, 7) is -0.219. The van der Waals surface area contributed by atoms with Crippen molar-refractivity contribution in [2.45, 2.75) is 19.3 Å². The van der Waals surface area contributed by atoms with E-state index in [1.54, 1.807) is 11.8 Å². The van der Waals surface area contributed by atoms with Crippen molar-refractivity contribution in [3.8, 4) is 0 Å². The predicted molar refractivity (Wildman–Crippen MR) is 69.2 cm³/mol. The lowest BCUT2D eigenvalue weighted by molar-refractivity contribution is -0.505. The Morgan fingerprint density at radius 2 is 2.44 bits per heavy atom. The van der Waals surface area contributed by atoms with Crippen LogP contribution in [0.4, 0.5) is 0 Å². The Morgan fingerprint density at radius 1 is 1.72 bits per heavy atom. The molecule has 2 aliphatic carbocycles. The summed E-state index contributed by atoms with van der Waals surface area (Å²) in [4.78, 5) is 21.3. The van der Waals surface area contributed by atoms with Crippen molar-refractivity contribution in [3.63, 3.8) is 0 Å². The summed E-state index contributed by atoms with van der Waals surface area (Å²) in [6, 6.07) is 0. The van der Waals surface area contributed by atoms with Gasteiger partial charge in [-0.25, -0.2) is 0 Å². The van der Waals surface area contributed by atoms with Gasteiger partial charge in [-0.2, -0.15) is 11.8 Å². The largest absolute Gasteiger partial charge is 0.481 e. The van der Waals surface area contributed by atoms with Crippen LogP contribution >= 0.6 is 11.8 Å². The maximum atomic E-state index is 10.9. The summed E-state index contributed by atoms with van der Waals surface area (Å²) >= 11 is 1.74. The minimum Gasteiger partial charge on any atom is -0.481 e. The van der Waals surface area contributed by atoms with Gasteiger partial charge in [-0.1, -0.05) is 11.6 Å². The van der Waals surface area contributed by atoms with E-state index in [1.807, 2.05) is 6.26 Å². The van der Waals surface area contributed by atoms with Crippen molar-refractivity contribution in [3.05, 3.63) is 21.8 Å². The summed E-state index contributed by atoms with van der Waals surface area (Å²) in [5.41, 5.74) is 0.688. The minimum atomic E-state index is -0.929. The molecule has 1 fully saturated rings. The molecule has 2 aliphatic rings. The molecular weight excluding hydrogens is 254 g/mol. The van der Waals surface area contributed by atoms with Gasteiger partial charge in [0.25, 0.3) is 0 Å². The van der Waals surface area contributed by atoms with Crippen molar-refractivity contribution < 1.29 is 14.8 Å². The van der Waals surface area contributed by atoms with Crippen LogP contribution in [0.3, 0.4) is 0 Å². The third kappa shape index (κ3) is 2.39. The number of nitro groups is 1. The zero-order valence-electron chi connectivity index (χ0n) is 10.3. The molecule has 3 atom stereocenters. The number of carboxylic acids is 1. The van der Waals surface area contributed by atoms with E-state index < -0.39 is 11.4 Å². The summed E-state index contributed by atoms with van der Waals surface area (Å²) in [5, 5.41) is 19.7. The second kappa shape index (κ2) is 4.91. The smallest absolute Gasteiger partial charge is 0.304 e. The number of carbonyl (C=O) groups is 1. The molecule has 0 spiro atoms. The third-order valence-corrected chi connectivity index (χ3v) is 4.76. The van der Waals surface area contributed by atoms with Crippen LogP contribution < -0.4 is 0 Å². The molecule has 0 bridgehead atoms. The molecule has 1 N–H and O–H groups in total. The summed E-state index contributed by atoms with van der Waals surface area (Å²) in [6.07, 6.45) is 5.72. The van der Waals surface area contributed by atoms with Crippen LogP contribution in [0.25, 0.3) is 0 Å². The van der Waals surface area contributed by atoms with Gasteiger partial charge in [-0.15, -0.1) is 0 Å². The lowest BCUT2D eigenvalue weighted by Crippen LogP contribution is -2.50. The Hall–Kier alpha value is -1.04. The number of aliphatic carboxylic acids is 1. The van der Waals surface area contributed by atoms with Gasteiger partial charge in [0.1, 0.15) is 0 Å². The molecule has 18 heavy (non-hydrogen) atoms. The van der Waals surface area contributed by atoms with Gasteiger partial charge in [0.05, 0.1) is 11.8 Å². The number of carboxylic acid groups (broad SMARTS) is 1. The molecule has 0 aromatic carbocycles. The normalized spacial score (nSPS) is 33.5. The second-order valence-corrected chi connectivity index (χ2v) is 6.24. The summed E-state index contributed by atoms with van der Waals surface area (Å²) in [7, 11) is 0. The number of hydrogen-bond donors (Lipinski definition) is 1. The lowest BCUT2D eigenvalue weighted by atomic mass is 9.53.